The normalized spacial score (nSPS) is 16.6. The highest BCUT2D eigenvalue weighted by molar-refractivity contribution is 6.16. The molecule has 1 aromatic carbocycles. The molecule has 2 rings (SSSR count). The second-order valence-electron chi connectivity index (χ2n) is 7.32. The van der Waals surface area contributed by atoms with Crippen molar-refractivity contribution < 1.29 is 19.1 Å². The summed E-state index contributed by atoms with van der Waals surface area (Å²) in [7, 11) is 0. The van der Waals surface area contributed by atoms with Crippen LogP contribution in [0, 0.1) is 11.7 Å². The Kier molecular flexibility index (Phi) is 7.46. The summed E-state index contributed by atoms with van der Waals surface area (Å²) in [6.07, 6.45) is 7.21. The topological polar surface area (TPSA) is 80.4 Å². The van der Waals surface area contributed by atoms with E-state index in [1.54, 1.807) is 6.07 Å². The molecule has 0 aromatic heterocycles. The van der Waals surface area contributed by atoms with Crippen LogP contribution < -0.4 is 5.73 Å². The average molecular weight is 397 g/mol. The molecule has 3 N–H and O–H groups in total. The van der Waals surface area contributed by atoms with E-state index in [0.717, 1.165) is 40.7 Å². The number of carbonyl (C=O) groups is 2. The van der Waals surface area contributed by atoms with Crippen LogP contribution in [0.1, 0.15) is 51.7 Å². The number of nitrogens with two attached hydrogens (primary N) is 1. The van der Waals surface area contributed by atoms with Crippen molar-refractivity contribution >= 4 is 17.3 Å². The zero-order valence-electron chi connectivity index (χ0n) is 17.4. The number of Topliss-reactive ketones (excluding diaryl/α,β-unsaturated/α-hetero) is 1. The van der Waals surface area contributed by atoms with Crippen molar-refractivity contribution in [1.82, 2.24) is 0 Å². The largest absolute Gasteiger partial charge is 0.478 e. The molecule has 1 fully saturated rings. The van der Waals surface area contributed by atoms with E-state index in [9.17, 15) is 19.1 Å². The van der Waals surface area contributed by atoms with Crippen LogP contribution in [0.5, 0.6) is 0 Å². The van der Waals surface area contributed by atoms with E-state index in [4.69, 9.17) is 5.73 Å². The first-order valence-electron chi connectivity index (χ1n) is 9.70. The molecule has 0 atom stereocenters. The predicted octanol–water partition coefficient (Wildman–Crippen LogP) is 4.96. The van der Waals surface area contributed by atoms with Crippen molar-refractivity contribution in [2.45, 2.75) is 47.1 Å². The molecule has 0 spiro atoms. The number of hydrogen-bond donors (Lipinski definition) is 2. The van der Waals surface area contributed by atoms with Crippen LogP contribution in [-0.4, -0.2) is 16.9 Å². The second-order valence-corrected chi connectivity index (χ2v) is 7.32. The van der Waals surface area contributed by atoms with Gasteiger partial charge in [0, 0.05) is 12.1 Å². The highest BCUT2D eigenvalue weighted by atomic mass is 19.1. The maximum atomic E-state index is 14.3. The predicted molar refractivity (Wildman–Crippen MR) is 114 cm³/mol. The minimum Gasteiger partial charge on any atom is -0.478 e. The molecule has 0 unspecified atom stereocenters. The summed E-state index contributed by atoms with van der Waals surface area (Å²) in [5.74, 6) is -1.81. The smallest absolute Gasteiger partial charge is 0.339 e. The molecule has 0 amide bonds. The van der Waals surface area contributed by atoms with Crippen molar-refractivity contribution in [3.05, 3.63) is 75.7 Å². The van der Waals surface area contributed by atoms with Gasteiger partial charge in [0.25, 0.3) is 0 Å². The molecule has 154 valence electrons. The van der Waals surface area contributed by atoms with Crippen LogP contribution in [0.25, 0.3) is 5.57 Å². The molecule has 0 aliphatic heterocycles. The standard InChI is InChI=1S/C24H28FNO3/c1-5-6-20(18-9-10-19(13-26)23(25)11-18)14(2)15(3)21(17-7-8-17)12-22(16(4)27)24(28)29/h5-6,9-12,17H,7-8,13,26H2,1-4H3,(H,28,29)/b6-5-,20-14+,21-15-,22-12+. The fraction of sp³-hybridized carbons (Fsp3) is 0.333. The SMILES string of the molecule is C\C=C/C(=C(C)\C(C)=C(\C=C(/C(C)=O)C(=O)O)C1CC1)c1ccc(CN)c(F)c1. The number of halogens is 1. The van der Waals surface area contributed by atoms with E-state index in [1.807, 2.05) is 39.0 Å². The number of carboxylic acid groups (broad SMARTS) is 1. The number of hydrogen-bond acceptors (Lipinski definition) is 3. The first-order chi connectivity index (χ1) is 13.7. The van der Waals surface area contributed by atoms with Crippen LogP contribution in [0.15, 0.2) is 58.7 Å². The maximum absolute atomic E-state index is 14.3. The molecular formula is C24H28FNO3. The van der Waals surface area contributed by atoms with Gasteiger partial charge in [-0.1, -0.05) is 24.3 Å². The van der Waals surface area contributed by atoms with Crippen LogP contribution in [0.4, 0.5) is 4.39 Å². The van der Waals surface area contributed by atoms with E-state index in [-0.39, 0.29) is 23.9 Å². The first kappa shape index (κ1) is 22.5. The van der Waals surface area contributed by atoms with E-state index >= 15 is 0 Å². The van der Waals surface area contributed by atoms with E-state index in [1.165, 1.54) is 19.1 Å². The number of rotatable bonds is 8. The van der Waals surface area contributed by atoms with E-state index in [0.29, 0.717) is 5.56 Å². The van der Waals surface area contributed by atoms with Gasteiger partial charge in [-0.2, -0.15) is 0 Å². The summed E-state index contributed by atoms with van der Waals surface area (Å²) in [6, 6.07) is 4.99. The lowest BCUT2D eigenvalue weighted by atomic mass is 9.90. The molecule has 1 aliphatic rings. The van der Waals surface area contributed by atoms with Crippen molar-refractivity contribution in [2.24, 2.45) is 11.7 Å². The average Bonchev–Trinajstić information content (AvgIpc) is 3.50. The highest BCUT2D eigenvalue weighted by Crippen LogP contribution is 2.41. The minimum atomic E-state index is -1.22. The van der Waals surface area contributed by atoms with Gasteiger partial charge in [0.2, 0.25) is 0 Å². The highest BCUT2D eigenvalue weighted by Gasteiger charge is 2.28. The molecule has 5 heteroatoms. The molecule has 29 heavy (non-hydrogen) atoms. The summed E-state index contributed by atoms with van der Waals surface area (Å²) < 4.78 is 14.3. The Balaban J connectivity index is 2.68. The molecule has 1 saturated carbocycles. The fourth-order valence-corrected chi connectivity index (χ4v) is 3.30. The van der Waals surface area contributed by atoms with Gasteiger partial charge in [-0.3, -0.25) is 4.79 Å². The Morgan fingerprint density at radius 1 is 1.21 bits per heavy atom. The summed E-state index contributed by atoms with van der Waals surface area (Å²) >= 11 is 0. The number of allylic oxidation sites excluding steroid dienone is 7. The van der Waals surface area contributed by atoms with Crippen LogP contribution in [0.2, 0.25) is 0 Å². The van der Waals surface area contributed by atoms with Crippen molar-refractivity contribution in [2.75, 3.05) is 0 Å². The van der Waals surface area contributed by atoms with Crippen molar-refractivity contribution in [3.8, 4) is 0 Å². The molecular weight excluding hydrogens is 369 g/mol. The third kappa shape index (κ3) is 5.39. The fourth-order valence-electron chi connectivity index (χ4n) is 3.30. The Labute approximate surface area is 171 Å². The van der Waals surface area contributed by atoms with Gasteiger partial charge >= 0.3 is 5.97 Å². The van der Waals surface area contributed by atoms with Gasteiger partial charge in [0.15, 0.2) is 5.78 Å². The van der Waals surface area contributed by atoms with Gasteiger partial charge in [0.1, 0.15) is 11.4 Å². The summed E-state index contributed by atoms with van der Waals surface area (Å²) in [6.45, 7) is 7.13. The summed E-state index contributed by atoms with van der Waals surface area (Å²) in [5.41, 5.74) is 10.0. The van der Waals surface area contributed by atoms with E-state index in [2.05, 4.69) is 0 Å². The van der Waals surface area contributed by atoms with Gasteiger partial charge in [-0.15, -0.1) is 0 Å². The second kappa shape index (κ2) is 9.61. The van der Waals surface area contributed by atoms with Crippen molar-refractivity contribution in [1.29, 1.82) is 0 Å². The third-order valence-corrected chi connectivity index (χ3v) is 5.24. The zero-order valence-corrected chi connectivity index (χ0v) is 17.4. The van der Waals surface area contributed by atoms with Crippen LogP contribution in [-0.2, 0) is 16.1 Å². The third-order valence-electron chi connectivity index (χ3n) is 5.24. The molecule has 0 heterocycles. The van der Waals surface area contributed by atoms with Gasteiger partial charge in [-0.25, -0.2) is 9.18 Å². The lowest BCUT2D eigenvalue weighted by Gasteiger charge is -2.15. The van der Waals surface area contributed by atoms with Crippen LogP contribution >= 0.6 is 0 Å². The molecule has 4 nitrogen and oxygen atoms in total. The molecule has 1 aromatic rings. The van der Waals surface area contributed by atoms with Gasteiger partial charge in [-0.05, 0) is 86.5 Å². The number of benzene rings is 1. The molecule has 0 saturated heterocycles. The number of carbonyl (C=O) groups excluding carboxylic acids is 1. The molecule has 0 bridgehead atoms. The monoisotopic (exact) mass is 397 g/mol. The number of carboxylic acids is 1. The Morgan fingerprint density at radius 3 is 2.31 bits per heavy atom. The Hall–Kier alpha value is -2.79. The quantitative estimate of drug-likeness (QED) is 0.281. The van der Waals surface area contributed by atoms with E-state index < -0.39 is 11.8 Å². The lowest BCUT2D eigenvalue weighted by molar-refractivity contribution is -0.134. The maximum Gasteiger partial charge on any atom is 0.339 e. The Morgan fingerprint density at radius 2 is 1.86 bits per heavy atom. The lowest BCUT2D eigenvalue weighted by Crippen LogP contribution is -2.10. The first-order valence-corrected chi connectivity index (χ1v) is 9.70. The zero-order chi connectivity index (χ0) is 21.7. The number of ketones is 1. The van der Waals surface area contributed by atoms with Crippen LogP contribution in [0.3, 0.4) is 0 Å². The van der Waals surface area contributed by atoms with Gasteiger partial charge < -0.3 is 10.8 Å². The number of aliphatic carboxylic acids is 1. The molecule has 1 aliphatic carbocycles. The minimum absolute atomic E-state index is 0.131. The molecule has 0 radical (unpaired) electrons. The summed E-state index contributed by atoms with van der Waals surface area (Å²) in [5, 5.41) is 9.38. The van der Waals surface area contributed by atoms with Gasteiger partial charge in [0.05, 0.1) is 0 Å². The van der Waals surface area contributed by atoms with Crippen molar-refractivity contribution in [3.63, 3.8) is 0 Å². The Bertz CT molecular complexity index is 931. The summed E-state index contributed by atoms with van der Waals surface area (Å²) in [4.78, 5) is 23.2.